The highest BCUT2D eigenvalue weighted by atomic mass is 35.5. The molecule has 0 saturated heterocycles. The Balaban J connectivity index is 3.46. The maximum atomic E-state index is 12.8. The van der Waals surface area contributed by atoms with Crippen LogP contribution in [0.5, 0.6) is 0 Å². The van der Waals surface area contributed by atoms with E-state index in [4.69, 9.17) is 16.3 Å². The summed E-state index contributed by atoms with van der Waals surface area (Å²) in [5, 5.41) is 16.5. The number of alkyl halides is 3. The fraction of sp³-hybridized carbons (Fsp3) is 0.429. The highest BCUT2D eigenvalue weighted by Crippen LogP contribution is 2.28. The molecule has 1 N–H and O–H groups in total. The number of carboxylic acids is 1. The molecular weight excluding hydrogens is 351 g/mol. The van der Waals surface area contributed by atoms with E-state index < -0.39 is 23.6 Å². The van der Waals surface area contributed by atoms with Crippen LogP contribution in [0.3, 0.4) is 0 Å². The van der Waals surface area contributed by atoms with E-state index in [1.54, 1.807) is 13.8 Å². The van der Waals surface area contributed by atoms with Crippen molar-refractivity contribution < 1.29 is 27.8 Å². The number of hydrogen-bond acceptors (Lipinski definition) is 5. The van der Waals surface area contributed by atoms with Gasteiger partial charge in [0.15, 0.2) is 5.71 Å². The van der Waals surface area contributed by atoms with Crippen LogP contribution in [0.2, 0.25) is 0 Å². The van der Waals surface area contributed by atoms with Gasteiger partial charge in [-0.3, -0.25) is 0 Å². The Morgan fingerprint density at radius 1 is 1.38 bits per heavy atom. The van der Waals surface area contributed by atoms with Gasteiger partial charge in [0.1, 0.15) is 10.9 Å². The van der Waals surface area contributed by atoms with Crippen molar-refractivity contribution >= 4 is 28.5 Å². The summed E-state index contributed by atoms with van der Waals surface area (Å²) in [7, 11) is 1.25. The average Bonchev–Trinajstić information content (AvgIpc) is 2.47. The van der Waals surface area contributed by atoms with Gasteiger partial charge >= 0.3 is 12.1 Å². The van der Waals surface area contributed by atoms with Crippen molar-refractivity contribution in [1.29, 1.82) is 0 Å². The zero-order valence-electron chi connectivity index (χ0n) is 13.1. The van der Waals surface area contributed by atoms with Crippen LogP contribution in [0.4, 0.5) is 13.2 Å². The topological polar surface area (TPSA) is 84.1 Å². The van der Waals surface area contributed by atoms with Gasteiger partial charge in [-0.05, 0) is 12.1 Å². The van der Waals surface area contributed by atoms with E-state index in [1.807, 2.05) is 0 Å². The van der Waals surface area contributed by atoms with E-state index in [9.17, 15) is 23.1 Å². The van der Waals surface area contributed by atoms with Crippen LogP contribution in [-0.2, 0) is 22.3 Å². The fourth-order valence-corrected chi connectivity index (χ4v) is 1.58. The van der Waals surface area contributed by atoms with E-state index >= 15 is 0 Å². The predicted octanol–water partition coefficient (Wildman–Crippen LogP) is 3.33. The highest BCUT2D eigenvalue weighted by molar-refractivity contribution is 6.65. The standard InChI is InChI=1S/C14H15ClF3N3O3/c1-7(2)12(15)21-20-11(13(22)23)8-4-5-10(14(16,17)18)19-9(8)6-24-3/h4-5,7H,6H2,1-3H3,(H,22,23)/b20-11+,21-12?. The first-order valence-corrected chi connectivity index (χ1v) is 7.06. The lowest BCUT2D eigenvalue weighted by atomic mass is 10.1. The molecule has 1 aromatic heterocycles. The number of aromatic nitrogens is 1. The van der Waals surface area contributed by atoms with Gasteiger partial charge in [0.25, 0.3) is 0 Å². The first kappa shape index (κ1) is 20.0. The third kappa shape index (κ3) is 5.27. The van der Waals surface area contributed by atoms with Crippen molar-refractivity contribution in [2.45, 2.75) is 26.6 Å². The lowest BCUT2D eigenvalue weighted by Crippen LogP contribution is -2.20. The summed E-state index contributed by atoms with van der Waals surface area (Å²) in [5.74, 6) is -1.67. The third-order valence-electron chi connectivity index (χ3n) is 2.73. The molecule has 0 spiro atoms. The summed E-state index contributed by atoms with van der Waals surface area (Å²) >= 11 is 5.80. The minimum atomic E-state index is -4.67. The smallest absolute Gasteiger partial charge is 0.433 e. The van der Waals surface area contributed by atoms with Gasteiger partial charge in [0.2, 0.25) is 0 Å². The molecular formula is C14H15ClF3N3O3. The molecule has 0 aliphatic heterocycles. The van der Waals surface area contributed by atoms with Gasteiger partial charge in [0, 0.05) is 18.6 Å². The number of methoxy groups -OCH3 is 1. The van der Waals surface area contributed by atoms with Crippen LogP contribution in [0.15, 0.2) is 22.3 Å². The van der Waals surface area contributed by atoms with E-state index in [0.717, 1.165) is 6.07 Å². The summed E-state index contributed by atoms with van der Waals surface area (Å²) in [5.41, 5.74) is -2.09. The first-order chi connectivity index (χ1) is 11.1. The number of rotatable bonds is 6. The summed E-state index contributed by atoms with van der Waals surface area (Å²) in [6.07, 6.45) is -4.67. The largest absolute Gasteiger partial charge is 0.476 e. The van der Waals surface area contributed by atoms with Gasteiger partial charge in [-0.2, -0.15) is 13.2 Å². The molecule has 1 heterocycles. The highest BCUT2D eigenvalue weighted by Gasteiger charge is 2.33. The lowest BCUT2D eigenvalue weighted by Gasteiger charge is -2.11. The molecule has 24 heavy (non-hydrogen) atoms. The van der Waals surface area contributed by atoms with Crippen LogP contribution >= 0.6 is 11.6 Å². The summed E-state index contributed by atoms with van der Waals surface area (Å²) in [6.45, 7) is 3.11. The Bertz CT molecular complexity index is 673. The molecule has 0 radical (unpaired) electrons. The Hall–Kier alpha value is -2.00. The van der Waals surface area contributed by atoms with E-state index in [0.29, 0.717) is 6.07 Å². The quantitative estimate of drug-likeness (QED) is 0.619. The number of ether oxygens (including phenoxy) is 1. The molecule has 0 aliphatic carbocycles. The second-order valence-electron chi connectivity index (χ2n) is 4.95. The summed E-state index contributed by atoms with van der Waals surface area (Å²) in [4.78, 5) is 14.8. The van der Waals surface area contributed by atoms with Gasteiger partial charge in [-0.15, -0.1) is 10.2 Å². The third-order valence-corrected chi connectivity index (χ3v) is 3.24. The number of pyridine rings is 1. The van der Waals surface area contributed by atoms with E-state index in [-0.39, 0.29) is 29.0 Å². The minimum Gasteiger partial charge on any atom is -0.476 e. The van der Waals surface area contributed by atoms with Crippen molar-refractivity contribution in [3.05, 3.63) is 29.1 Å². The molecule has 0 aromatic carbocycles. The monoisotopic (exact) mass is 365 g/mol. The Morgan fingerprint density at radius 2 is 2.00 bits per heavy atom. The maximum absolute atomic E-state index is 12.8. The average molecular weight is 366 g/mol. The number of aliphatic carboxylic acids is 1. The van der Waals surface area contributed by atoms with Crippen molar-refractivity contribution in [2.75, 3.05) is 7.11 Å². The van der Waals surface area contributed by atoms with E-state index in [2.05, 4.69) is 15.2 Å². The Kier molecular flexibility index (Phi) is 6.85. The molecule has 1 rings (SSSR count). The van der Waals surface area contributed by atoms with Crippen LogP contribution in [-0.4, -0.2) is 34.1 Å². The van der Waals surface area contributed by atoms with Gasteiger partial charge in [0.05, 0.1) is 12.3 Å². The molecule has 132 valence electrons. The van der Waals surface area contributed by atoms with Crippen LogP contribution < -0.4 is 0 Å². The molecule has 1 aromatic rings. The number of halogens is 4. The normalized spacial score (nSPS) is 13.5. The second-order valence-corrected chi connectivity index (χ2v) is 5.34. The van der Waals surface area contributed by atoms with E-state index in [1.165, 1.54) is 7.11 Å². The fourth-order valence-electron chi connectivity index (χ4n) is 1.55. The molecule has 0 fully saturated rings. The molecule has 0 atom stereocenters. The Labute approximate surface area is 141 Å². The molecule has 0 amide bonds. The number of carbonyl (C=O) groups is 1. The van der Waals surface area contributed by atoms with Crippen LogP contribution in [0.25, 0.3) is 0 Å². The number of carboxylic acid groups (broad SMARTS) is 1. The molecule has 0 saturated carbocycles. The predicted molar refractivity (Wildman–Crippen MR) is 82.3 cm³/mol. The van der Waals surface area contributed by atoms with Crippen LogP contribution in [0, 0.1) is 5.92 Å². The number of hydrogen-bond donors (Lipinski definition) is 1. The number of nitrogens with zero attached hydrogens (tertiary/aromatic N) is 3. The zero-order chi connectivity index (χ0) is 18.5. The molecule has 0 aliphatic rings. The van der Waals surface area contributed by atoms with Crippen molar-refractivity contribution in [3.63, 3.8) is 0 Å². The first-order valence-electron chi connectivity index (χ1n) is 6.68. The van der Waals surface area contributed by atoms with Gasteiger partial charge in [-0.1, -0.05) is 25.4 Å². The Morgan fingerprint density at radius 3 is 2.46 bits per heavy atom. The molecule has 10 heteroatoms. The van der Waals surface area contributed by atoms with Gasteiger partial charge < -0.3 is 9.84 Å². The second kappa shape index (κ2) is 8.20. The van der Waals surface area contributed by atoms with Crippen molar-refractivity contribution in [2.24, 2.45) is 16.1 Å². The molecule has 0 bridgehead atoms. The summed E-state index contributed by atoms with van der Waals surface area (Å²) < 4.78 is 43.0. The maximum Gasteiger partial charge on any atom is 0.433 e. The minimum absolute atomic E-state index is 0.0573. The molecule has 0 unspecified atom stereocenters. The van der Waals surface area contributed by atoms with Crippen molar-refractivity contribution in [3.8, 4) is 0 Å². The molecule has 6 nitrogen and oxygen atoms in total. The SMILES string of the molecule is COCc1nc(C(F)(F)F)ccc1/C(=N\N=C(Cl)C(C)C)C(=O)O. The van der Waals surface area contributed by atoms with Gasteiger partial charge in [-0.25, -0.2) is 9.78 Å². The van der Waals surface area contributed by atoms with Crippen LogP contribution in [0.1, 0.15) is 30.8 Å². The van der Waals surface area contributed by atoms with Crippen molar-refractivity contribution in [1.82, 2.24) is 4.98 Å². The summed E-state index contributed by atoms with van der Waals surface area (Å²) in [6, 6.07) is 1.64. The lowest BCUT2D eigenvalue weighted by molar-refractivity contribution is -0.141. The zero-order valence-corrected chi connectivity index (χ0v) is 13.8.